The highest BCUT2D eigenvalue weighted by atomic mass is 16.4. The van der Waals surface area contributed by atoms with Crippen molar-refractivity contribution < 1.29 is 19.5 Å². The van der Waals surface area contributed by atoms with E-state index in [0.29, 0.717) is 43.6 Å². The number of hydrogen-bond acceptors (Lipinski definition) is 4. The molecule has 1 heterocycles. The average Bonchev–Trinajstić information content (AvgIpc) is 2.68. The third-order valence-corrected chi connectivity index (χ3v) is 3.96. The Balaban J connectivity index is 1.61. The molecule has 28 heavy (non-hydrogen) atoms. The molecule has 148 valence electrons. The molecule has 2 aromatic rings. The van der Waals surface area contributed by atoms with Crippen LogP contribution in [0.1, 0.15) is 37.7 Å². The van der Waals surface area contributed by atoms with Gasteiger partial charge in [0.25, 0.3) is 0 Å². The van der Waals surface area contributed by atoms with Crippen LogP contribution in [-0.4, -0.2) is 28.0 Å². The molecule has 0 bridgehead atoms. The minimum Gasteiger partial charge on any atom is -0.465 e. The molecule has 0 saturated carbocycles. The summed E-state index contributed by atoms with van der Waals surface area (Å²) in [5.74, 6) is -0.220. The van der Waals surface area contributed by atoms with Gasteiger partial charge in [-0.3, -0.25) is 19.9 Å². The predicted molar refractivity (Wildman–Crippen MR) is 106 cm³/mol. The van der Waals surface area contributed by atoms with Crippen molar-refractivity contribution in [3.05, 3.63) is 54.4 Å². The minimum absolute atomic E-state index is 0.0259. The highest BCUT2D eigenvalue weighted by molar-refractivity contribution is 5.97. The molecule has 0 aliphatic rings. The maximum Gasteiger partial charge on any atom is 0.409 e. The van der Waals surface area contributed by atoms with Gasteiger partial charge < -0.3 is 15.7 Å². The van der Waals surface area contributed by atoms with Crippen LogP contribution in [0.15, 0.2) is 48.8 Å². The van der Waals surface area contributed by atoms with E-state index in [4.69, 9.17) is 5.11 Å². The summed E-state index contributed by atoms with van der Waals surface area (Å²) in [4.78, 5) is 38.6. The van der Waals surface area contributed by atoms with Gasteiger partial charge in [-0.15, -0.1) is 0 Å². The first-order valence-corrected chi connectivity index (χ1v) is 9.09. The van der Waals surface area contributed by atoms with Gasteiger partial charge in [0.2, 0.25) is 11.8 Å². The number of carbonyl (C=O) groups excluding carboxylic acids is 2. The summed E-state index contributed by atoms with van der Waals surface area (Å²) < 4.78 is 0. The maximum absolute atomic E-state index is 12.0. The van der Waals surface area contributed by atoms with Gasteiger partial charge in [0, 0.05) is 31.8 Å². The highest BCUT2D eigenvalue weighted by Gasteiger charge is 2.08. The number of benzene rings is 1. The molecule has 0 aliphatic carbocycles. The van der Waals surface area contributed by atoms with Crippen LogP contribution in [0.4, 0.5) is 16.2 Å². The number of hydrogen-bond donors (Lipinski definition) is 4. The number of unbranched alkanes of at least 4 members (excludes halogenated alkanes) is 2. The number of anilines is 2. The van der Waals surface area contributed by atoms with Gasteiger partial charge >= 0.3 is 6.09 Å². The van der Waals surface area contributed by atoms with E-state index >= 15 is 0 Å². The van der Waals surface area contributed by atoms with Gasteiger partial charge in [0.1, 0.15) is 0 Å². The van der Waals surface area contributed by atoms with Crippen LogP contribution in [0.25, 0.3) is 0 Å². The molecule has 2 rings (SSSR count). The molecule has 0 fully saturated rings. The van der Waals surface area contributed by atoms with Crippen LogP contribution in [0.5, 0.6) is 0 Å². The van der Waals surface area contributed by atoms with Crippen molar-refractivity contribution in [3.8, 4) is 0 Å². The Bertz CT molecular complexity index is 796. The number of carbonyl (C=O) groups is 3. The van der Waals surface area contributed by atoms with E-state index in [2.05, 4.69) is 20.9 Å². The molecule has 1 aromatic carbocycles. The van der Waals surface area contributed by atoms with Crippen molar-refractivity contribution in [2.24, 2.45) is 0 Å². The number of para-hydroxylation sites is 2. The summed E-state index contributed by atoms with van der Waals surface area (Å²) in [6.45, 7) is 0.457. The summed E-state index contributed by atoms with van der Waals surface area (Å²) in [7, 11) is 0. The number of nitrogens with zero attached hydrogens (tertiary/aromatic N) is 1. The lowest BCUT2D eigenvalue weighted by molar-refractivity contribution is -0.121. The molecule has 3 amide bonds. The quantitative estimate of drug-likeness (QED) is 0.468. The summed E-state index contributed by atoms with van der Waals surface area (Å²) in [5, 5.41) is 16.6. The normalized spacial score (nSPS) is 10.1. The second kappa shape index (κ2) is 11.3. The molecule has 8 heteroatoms. The van der Waals surface area contributed by atoms with E-state index in [1.54, 1.807) is 36.7 Å². The molecule has 0 aliphatic heterocycles. The fourth-order valence-electron chi connectivity index (χ4n) is 2.57. The SMILES string of the molecule is O=C(O)Nc1ccccc1NC(=O)CCCCCC(=O)NCc1cccnc1. The third kappa shape index (κ3) is 7.86. The van der Waals surface area contributed by atoms with Crippen LogP contribution < -0.4 is 16.0 Å². The first-order valence-electron chi connectivity index (χ1n) is 9.09. The zero-order chi connectivity index (χ0) is 20.2. The Morgan fingerprint density at radius 2 is 1.54 bits per heavy atom. The van der Waals surface area contributed by atoms with Crippen molar-refractivity contribution in [3.63, 3.8) is 0 Å². The lowest BCUT2D eigenvalue weighted by Crippen LogP contribution is -2.22. The van der Waals surface area contributed by atoms with Crippen molar-refractivity contribution >= 4 is 29.3 Å². The molecule has 1 aromatic heterocycles. The Labute approximate surface area is 163 Å². The number of amides is 3. The topological polar surface area (TPSA) is 120 Å². The van der Waals surface area contributed by atoms with E-state index in [-0.39, 0.29) is 11.8 Å². The molecule has 8 nitrogen and oxygen atoms in total. The summed E-state index contributed by atoms with van der Waals surface area (Å²) in [5.41, 5.74) is 1.70. The smallest absolute Gasteiger partial charge is 0.409 e. The number of rotatable bonds is 10. The van der Waals surface area contributed by atoms with Gasteiger partial charge in [-0.05, 0) is 36.6 Å². The molecule has 0 unspecified atom stereocenters. The second-order valence-corrected chi connectivity index (χ2v) is 6.22. The summed E-state index contributed by atoms with van der Waals surface area (Å²) in [6, 6.07) is 10.3. The minimum atomic E-state index is -1.19. The molecule has 0 saturated heterocycles. The lowest BCUT2D eigenvalue weighted by atomic mass is 10.1. The van der Waals surface area contributed by atoms with Crippen LogP contribution in [-0.2, 0) is 16.1 Å². The zero-order valence-corrected chi connectivity index (χ0v) is 15.5. The Hall–Kier alpha value is -3.42. The van der Waals surface area contributed by atoms with Gasteiger partial charge in [0.05, 0.1) is 11.4 Å². The fourth-order valence-corrected chi connectivity index (χ4v) is 2.57. The molecular weight excluding hydrogens is 360 g/mol. The van der Waals surface area contributed by atoms with Crippen LogP contribution in [0.2, 0.25) is 0 Å². The maximum atomic E-state index is 12.0. The number of aromatic nitrogens is 1. The standard InChI is InChI=1S/C20H24N4O4/c25-18(22-14-15-7-6-12-21-13-15)10-2-1-3-11-19(26)23-16-8-4-5-9-17(16)24-20(27)28/h4-9,12-13,24H,1-3,10-11,14H2,(H,22,25)(H,23,26)(H,27,28). The average molecular weight is 384 g/mol. The van der Waals surface area contributed by atoms with Crippen molar-refractivity contribution in [2.75, 3.05) is 10.6 Å². The molecule has 0 radical (unpaired) electrons. The molecular formula is C20H24N4O4. The number of carboxylic acid groups (broad SMARTS) is 1. The Morgan fingerprint density at radius 1 is 0.857 bits per heavy atom. The van der Waals surface area contributed by atoms with Gasteiger partial charge in [0.15, 0.2) is 0 Å². The number of pyridine rings is 1. The Kier molecular flexibility index (Phi) is 8.45. The van der Waals surface area contributed by atoms with Crippen LogP contribution in [0, 0.1) is 0 Å². The highest BCUT2D eigenvalue weighted by Crippen LogP contribution is 2.21. The van der Waals surface area contributed by atoms with Gasteiger partial charge in [-0.25, -0.2) is 4.79 Å². The van der Waals surface area contributed by atoms with E-state index in [9.17, 15) is 14.4 Å². The van der Waals surface area contributed by atoms with E-state index in [1.807, 2.05) is 12.1 Å². The monoisotopic (exact) mass is 384 g/mol. The largest absolute Gasteiger partial charge is 0.465 e. The predicted octanol–water partition coefficient (Wildman–Crippen LogP) is 3.38. The fraction of sp³-hybridized carbons (Fsp3) is 0.300. The van der Waals surface area contributed by atoms with Crippen molar-refractivity contribution in [1.82, 2.24) is 10.3 Å². The van der Waals surface area contributed by atoms with Crippen molar-refractivity contribution in [2.45, 2.75) is 38.6 Å². The van der Waals surface area contributed by atoms with E-state index in [1.165, 1.54) is 0 Å². The van der Waals surface area contributed by atoms with Crippen LogP contribution >= 0.6 is 0 Å². The lowest BCUT2D eigenvalue weighted by Gasteiger charge is -2.10. The van der Waals surface area contributed by atoms with Gasteiger partial charge in [-0.1, -0.05) is 24.6 Å². The summed E-state index contributed by atoms with van der Waals surface area (Å²) >= 11 is 0. The second-order valence-electron chi connectivity index (χ2n) is 6.22. The zero-order valence-electron chi connectivity index (χ0n) is 15.5. The third-order valence-electron chi connectivity index (χ3n) is 3.96. The Morgan fingerprint density at radius 3 is 2.18 bits per heavy atom. The van der Waals surface area contributed by atoms with E-state index in [0.717, 1.165) is 12.0 Å². The van der Waals surface area contributed by atoms with Gasteiger partial charge in [-0.2, -0.15) is 0 Å². The first-order chi connectivity index (χ1) is 13.5. The van der Waals surface area contributed by atoms with E-state index < -0.39 is 6.09 Å². The molecule has 4 N–H and O–H groups in total. The van der Waals surface area contributed by atoms with Crippen molar-refractivity contribution in [1.29, 1.82) is 0 Å². The van der Waals surface area contributed by atoms with Crippen LogP contribution in [0.3, 0.4) is 0 Å². The molecule has 0 atom stereocenters. The molecule has 0 spiro atoms. The summed E-state index contributed by atoms with van der Waals surface area (Å²) in [6.07, 6.45) is 5.02. The number of nitrogens with one attached hydrogen (secondary N) is 3. The first kappa shape index (κ1) is 20.9.